The molecule has 4 aliphatic heterocycles. The summed E-state index contributed by atoms with van der Waals surface area (Å²) in [5.74, 6) is 1.34. The van der Waals surface area contributed by atoms with Crippen LogP contribution in [-0.2, 0) is 16.1 Å². The van der Waals surface area contributed by atoms with Gasteiger partial charge in [-0.05, 0) is 122 Å². The lowest BCUT2D eigenvalue weighted by Crippen LogP contribution is -2.52. The van der Waals surface area contributed by atoms with Crippen LogP contribution in [0.15, 0.2) is 108 Å². The molecule has 2 amide bonds. The number of carbonyl (C=O) groups is 2. The molecule has 0 unspecified atom stereocenters. The zero-order valence-corrected chi connectivity index (χ0v) is 35.0. The Bertz CT molecular complexity index is 2330. The molecule has 2 bridgehead atoms. The average molecular weight is 844 g/mol. The van der Waals surface area contributed by atoms with Gasteiger partial charge in [-0.3, -0.25) is 14.5 Å². The van der Waals surface area contributed by atoms with Gasteiger partial charge in [-0.1, -0.05) is 60.7 Å². The van der Waals surface area contributed by atoms with Crippen molar-refractivity contribution in [1.82, 2.24) is 25.4 Å². The Balaban J connectivity index is 0.862. The van der Waals surface area contributed by atoms with Gasteiger partial charge >= 0.3 is 6.09 Å². The number of fused-ring (bicyclic) bond motifs is 4. The molecule has 62 heavy (non-hydrogen) atoms. The summed E-state index contributed by atoms with van der Waals surface area (Å²) in [4.78, 5) is 46.1. The van der Waals surface area contributed by atoms with Crippen LogP contribution < -0.4 is 20.9 Å². The molecule has 1 aromatic heterocycles. The van der Waals surface area contributed by atoms with E-state index < -0.39 is 18.2 Å². The summed E-state index contributed by atoms with van der Waals surface area (Å²) >= 11 is 0. The number of ether oxygens (including phenoxy) is 3. The van der Waals surface area contributed by atoms with Crippen molar-refractivity contribution >= 4 is 22.9 Å². The van der Waals surface area contributed by atoms with E-state index in [1.807, 2.05) is 83.8 Å². The second kappa shape index (κ2) is 20.4. The summed E-state index contributed by atoms with van der Waals surface area (Å²) in [6.45, 7) is 6.65. The second-order valence-corrected chi connectivity index (χ2v) is 16.8. The van der Waals surface area contributed by atoms with Crippen LogP contribution in [0.3, 0.4) is 0 Å². The van der Waals surface area contributed by atoms with Crippen LogP contribution in [0.5, 0.6) is 11.5 Å². The zero-order chi connectivity index (χ0) is 42.8. The number of pyridine rings is 1. The maximum Gasteiger partial charge on any atom is 0.408 e. The van der Waals surface area contributed by atoms with Crippen LogP contribution in [0.25, 0.3) is 10.9 Å². The molecule has 5 heterocycles. The van der Waals surface area contributed by atoms with E-state index in [1.54, 1.807) is 12.1 Å². The molecule has 4 saturated heterocycles. The van der Waals surface area contributed by atoms with E-state index in [2.05, 4.69) is 20.5 Å². The molecule has 4 aromatic carbocycles. The maximum atomic E-state index is 14.0. The number of aliphatic hydroxyl groups excluding tert-OH is 1. The first-order chi connectivity index (χ1) is 30.3. The zero-order valence-electron chi connectivity index (χ0n) is 35.0. The van der Waals surface area contributed by atoms with Crippen molar-refractivity contribution in [2.75, 3.05) is 59.0 Å². The molecule has 0 saturated carbocycles. The highest BCUT2D eigenvalue weighted by Crippen LogP contribution is 2.32. The molecule has 13 heteroatoms. The Labute approximate surface area is 362 Å². The Kier molecular flexibility index (Phi) is 14.1. The van der Waals surface area contributed by atoms with E-state index in [0.29, 0.717) is 85.5 Å². The number of rotatable bonds is 17. The number of carbonyl (C=O) groups excluding carboxylic acids is 2. The van der Waals surface area contributed by atoms with Crippen molar-refractivity contribution in [3.63, 3.8) is 0 Å². The number of aromatic hydroxyl groups is 1. The monoisotopic (exact) mass is 843 g/mol. The molecule has 326 valence electrons. The summed E-state index contributed by atoms with van der Waals surface area (Å²) in [5, 5.41) is 28.2. The van der Waals surface area contributed by atoms with Gasteiger partial charge in [-0.15, -0.1) is 0 Å². The van der Waals surface area contributed by atoms with Gasteiger partial charge in [0, 0.05) is 56.4 Å². The summed E-state index contributed by atoms with van der Waals surface area (Å²) in [6, 6.07) is 30.9. The van der Waals surface area contributed by atoms with Crippen molar-refractivity contribution in [3.05, 3.63) is 141 Å². The number of aromatic amines is 1. The summed E-state index contributed by atoms with van der Waals surface area (Å²) in [6.07, 6.45) is 3.25. The molecule has 9 rings (SSSR count). The number of hydrogen-bond donors (Lipinski definition) is 5. The molecule has 0 aliphatic carbocycles. The third-order valence-corrected chi connectivity index (χ3v) is 12.5. The number of H-pyrrole nitrogens is 1. The van der Waals surface area contributed by atoms with Crippen molar-refractivity contribution in [1.29, 1.82) is 0 Å². The number of nitrogens with one attached hydrogen (secondary N) is 3. The van der Waals surface area contributed by atoms with E-state index >= 15 is 0 Å². The topological polar surface area (TPSA) is 166 Å². The van der Waals surface area contributed by atoms with Gasteiger partial charge in [0.25, 0.3) is 5.91 Å². The number of aliphatic hydroxyl groups is 1. The Morgan fingerprint density at radius 2 is 1.68 bits per heavy atom. The molecular formula is C49H57N5O8. The second-order valence-electron chi connectivity index (χ2n) is 16.8. The minimum atomic E-state index is -0.867. The van der Waals surface area contributed by atoms with Crippen LogP contribution in [0.4, 0.5) is 4.79 Å². The van der Waals surface area contributed by atoms with Crippen molar-refractivity contribution in [2.45, 2.75) is 57.0 Å². The van der Waals surface area contributed by atoms with Gasteiger partial charge in [0.05, 0.1) is 17.7 Å². The fourth-order valence-corrected chi connectivity index (χ4v) is 9.02. The van der Waals surface area contributed by atoms with Gasteiger partial charge in [-0.2, -0.15) is 0 Å². The molecule has 0 spiro atoms. The van der Waals surface area contributed by atoms with Crippen molar-refractivity contribution < 1.29 is 34.0 Å². The number of aromatic nitrogens is 1. The molecule has 4 aliphatic rings. The first kappa shape index (κ1) is 42.9. The van der Waals surface area contributed by atoms with E-state index in [4.69, 9.17) is 14.2 Å². The van der Waals surface area contributed by atoms with Crippen LogP contribution in [0, 0.1) is 11.8 Å². The molecular weight excluding hydrogens is 787 g/mol. The average Bonchev–Trinajstić information content (AvgIpc) is 3.31. The Morgan fingerprint density at radius 3 is 2.44 bits per heavy atom. The molecule has 0 radical (unpaired) electrons. The van der Waals surface area contributed by atoms with E-state index in [1.165, 1.54) is 12.1 Å². The standard InChI is InChI=1S/C49H57N5O8/c55-42-16-14-40(41-15-17-45(57)51-47(41)42)43(56)29-50-22-5-23-54(30-33-20-26-60-27-21-33)48(58)37-12-10-34(11-13-37)32-61-39-9-4-8-38(28-39)46(36-6-2-1-3-7-36)52-49(59)62-44-31-53-24-18-35(44)19-25-53/h1-4,6-17,28,33,35,43-44,46,50,55-56H,5,18-27,29-32H2,(H,51,57)(H,52,59)/t43-,44-,46-/m0/s1. The molecule has 3 atom stereocenters. The first-order valence-electron chi connectivity index (χ1n) is 21.9. The highest BCUT2D eigenvalue weighted by atomic mass is 16.6. The van der Waals surface area contributed by atoms with Crippen molar-refractivity contribution in [3.8, 4) is 11.5 Å². The van der Waals surface area contributed by atoms with E-state index in [-0.39, 0.29) is 29.9 Å². The predicted molar refractivity (Wildman–Crippen MR) is 236 cm³/mol. The van der Waals surface area contributed by atoms with E-state index in [0.717, 1.165) is 62.0 Å². The van der Waals surface area contributed by atoms with Gasteiger partial charge in [0.15, 0.2) is 0 Å². The van der Waals surface area contributed by atoms with E-state index in [9.17, 15) is 24.6 Å². The fraction of sp³-hybridized carbons (Fsp3) is 0.408. The third kappa shape index (κ3) is 10.8. The number of amides is 2. The normalized spacial score (nSPS) is 19.7. The number of hydrogen-bond acceptors (Lipinski definition) is 10. The number of nitrogens with zero attached hydrogens (tertiary/aromatic N) is 2. The SMILES string of the molecule is O=C(N[C@@H](c1ccccc1)c1cccc(OCc2ccc(C(=O)N(CCCNC[C@H](O)c3ccc(O)c4[nH]c(=O)ccc34)CC3CCOCC3)cc2)c1)O[C@H]1CN2CCC1CC2. The van der Waals surface area contributed by atoms with Gasteiger partial charge < -0.3 is 44.9 Å². The lowest BCUT2D eigenvalue weighted by Gasteiger charge is -2.43. The first-order valence-corrected chi connectivity index (χ1v) is 21.9. The predicted octanol–water partition coefficient (Wildman–Crippen LogP) is 6.30. The van der Waals surface area contributed by atoms with Crippen LogP contribution in [0.2, 0.25) is 0 Å². The number of benzene rings is 4. The van der Waals surface area contributed by atoms with Gasteiger partial charge in [-0.25, -0.2) is 4.79 Å². The number of piperidine rings is 3. The van der Waals surface area contributed by atoms with Gasteiger partial charge in [0.2, 0.25) is 5.56 Å². The molecule has 5 aromatic rings. The number of alkyl carbamates (subject to hydrolysis) is 1. The molecule has 4 fully saturated rings. The van der Waals surface area contributed by atoms with Crippen molar-refractivity contribution in [2.24, 2.45) is 11.8 Å². The summed E-state index contributed by atoms with van der Waals surface area (Å²) in [7, 11) is 0. The molecule has 13 nitrogen and oxygen atoms in total. The largest absolute Gasteiger partial charge is 0.506 e. The van der Waals surface area contributed by atoms with Gasteiger partial charge in [0.1, 0.15) is 24.2 Å². The molecule has 5 N–H and O–H groups in total. The lowest BCUT2D eigenvalue weighted by atomic mass is 9.86. The fourth-order valence-electron chi connectivity index (χ4n) is 9.02. The lowest BCUT2D eigenvalue weighted by molar-refractivity contribution is -0.0336. The summed E-state index contributed by atoms with van der Waals surface area (Å²) in [5.41, 5.74) is 3.90. The van der Waals surface area contributed by atoms with Crippen LogP contribution in [0.1, 0.15) is 76.9 Å². The third-order valence-electron chi connectivity index (χ3n) is 12.5. The quantitative estimate of drug-likeness (QED) is 0.0671. The number of phenolic OH excluding ortho intramolecular Hbond substituents is 1. The smallest absolute Gasteiger partial charge is 0.408 e. The van der Waals surface area contributed by atoms with Crippen LogP contribution >= 0.6 is 0 Å². The Hall–Kier alpha value is -5.73. The minimum Gasteiger partial charge on any atom is -0.506 e. The number of phenols is 1. The highest BCUT2D eigenvalue weighted by Gasteiger charge is 2.37. The summed E-state index contributed by atoms with van der Waals surface area (Å²) < 4.78 is 17.9. The highest BCUT2D eigenvalue weighted by molar-refractivity contribution is 5.94. The minimum absolute atomic E-state index is 0.0345. The Morgan fingerprint density at radius 1 is 0.903 bits per heavy atom. The maximum absolute atomic E-state index is 14.0. The van der Waals surface area contributed by atoms with Crippen LogP contribution in [-0.4, -0.2) is 102 Å².